The summed E-state index contributed by atoms with van der Waals surface area (Å²) in [6, 6.07) is 10.3. The summed E-state index contributed by atoms with van der Waals surface area (Å²) in [4.78, 5) is 18.0. The van der Waals surface area contributed by atoms with Crippen LogP contribution in [0.5, 0.6) is 0 Å². The first-order chi connectivity index (χ1) is 10.1. The highest BCUT2D eigenvalue weighted by Crippen LogP contribution is 2.28. The maximum atomic E-state index is 10.9. The zero-order valence-corrected chi connectivity index (χ0v) is 12.2. The summed E-state index contributed by atoms with van der Waals surface area (Å²) in [7, 11) is 0. The van der Waals surface area contributed by atoms with Crippen LogP contribution in [0.25, 0.3) is 10.9 Å². The van der Waals surface area contributed by atoms with Gasteiger partial charge in [0.25, 0.3) is 0 Å². The van der Waals surface area contributed by atoms with Crippen LogP contribution >= 0.6 is 0 Å². The molecule has 0 radical (unpaired) electrons. The number of carboxylic acid groups (broad SMARTS) is 1. The van der Waals surface area contributed by atoms with E-state index in [4.69, 9.17) is 10.1 Å². The lowest BCUT2D eigenvalue weighted by atomic mass is 9.94. The first kappa shape index (κ1) is 13.9. The third-order valence-corrected chi connectivity index (χ3v) is 4.17. The van der Waals surface area contributed by atoms with E-state index in [1.54, 1.807) is 0 Å². The molecule has 1 N–H and O–H groups in total. The lowest BCUT2D eigenvalue weighted by molar-refractivity contribution is -0.138. The van der Waals surface area contributed by atoms with Gasteiger partial charge in [0.2, 0.25) is 0 Å². The number of nitrogens with zero attached hydrogens (tertiary/aromatic N) is 2. The predicted octanol–water partition coefficient (Wildman–Crippen LogP) is 3.23. The molecule has 1 aromatic carbocycles. The quantitative estimate of drug-likeness (QED) is 0.940. The van der Waals surface area contributed by atoms with Crippen LogP contribution in [0, 0.1) is 12.8 Å². The molecule has 0 saturated carbocycles. The summed E-state index contributed by atoms with van der Waals surface area (Å²) in [5.41, 5.74) is 2.16. The number of hydrogen-bond donors (Lipinski definition) is 1. The highest BCUT2D eigenvalue weighted by Gasteiger charge is 2.24. The number of piperidine rings is 1. The molecule has 1 atom stereocenters. The Morgan fingerprint density at radius 3 is 3.05 bits per heavy atom. The molecular formula is C17H20N2O2. The van der Waals surface area contributed by atoms with E-state index in [9.17, 15) is 4.79 Å². The molecule has 2 heterocycles. The van der Waals surface area contributed by atoms with Crippen LogP contribution in [0.4, 0.5) is 5.82 Å². The molecule has 0 bridgehead atoms. The normalized spacial score (nSPS) is 18.9. The second-order valence-corrected chi connectivity index (χ2v) is 5.87. The fourth-order valence-corrected chi connectivity index (χ4v) is 3.20. The molecule has 4 heteroatoms. The van der Waals surface area contributed by atoms with E-state index in [1.165, 1.54) is 0 Å². The van der Waals surface area contributed by atoms with Crippen molar-refractivity contribution in [3.05, 3.63) is 35.9 Å². The monoisotopic (exact) mass is 284 g/mol. The first-order valence-electron chi connectivity index (χ1n) is 7.46. The largest absolute Gasteiger partial charge is 0.481 e. The smallest absolute Gasteiger partial charge is 0.303 e. The van der Waals surface area contributed by atoms with E-state index in [0.29, 0.717) is 0 Å². The Balaban J connectivity index is 1.88. The second kappa shape index (κ2) is 5.72. The van der Waals surface area contributed by atoms with Gasteiger partial charge in [-0.05, 0) is 43.4 Å². The second-order valence-electron chi connectivity index (χ2n) is 5.87. The summed E-state index contributed by atoms with van der Waals surface area (Å²) in [5.74, 6) is 0.526. The zero-order valence-electron chi connectivity index (χ0n) is 12.2. The van der Waals surface area contributed by atoms with E-state index in [0.717, 1.165) is 48.2 Å². The highest BCUT2D eigenvalue weighted by atomic mass is 16.4. The Labute approximate surface area is 124 Å². The Morgan fingerprint density at radius 1 is 1.43 bits per heavy atom. The Kier molecular flexibility index (Phi) is 3.78. The minimum Gasteiger partial charge on any atom is -0.481 e. The van der Waals surface area contributed by atoms with Gasteiger partial charge in [0.15, 0.2) is 0 Å². The van der Waals surface area contributed by atoms with Gasteiger partial charge in [-0.1, -0.05) is 18.2 Å². The number of anilines is 1. The summed E-state index contributed by atoms with van der Waals surface area (Å²) in [6.07, 6.45) is 2.28. The van der Waals surface area contributed by atoms with Crippen LogP contribution in [0.1, 0.15) is 24.8 Å². The molecule has 1 unspecified atom stereocenters. The molecule has 0 aliphatic carbocycles. The van der Waals surface area contributed by atoms with Gasteiger partial charge in [0, 0.05) is 24.9 Å². The number of rotatable bonds is 3. The SMILES string of the molecule is Cc1cc2ccccc2nc1N1CCCC(CC(=O)O)C1. The lowest BCUT2D eigenvalue weighted by Gasteiger charge is -2.34. The number of aliphatic carboxylic acids is 1. The van der Waals surface area contributed by atoms with Crippen molar-refractivity contribution in [2.24, 2.45) is 5.92 Å². The zero-order chi connectivity index (χ0) is 14.8. The molecule has 1 fully saturated rings. The van der Waals surface area contributed by atoms with Gasteiger partial charge in [-0.3, -0.25) is 4.79 Å². The van der Waals surface area contributed by atoms with E-state index < -0.39 is 5.97 Å². The van der Waals surface area contributed by atoms with Gasteiger partial charge in [-0.25, -0.2) is 4.98 Å². The average Bonchev–Trinajstić information content (AvgIpc) is 2.46. The van der Waals surface area contributed by atoms with E-state index in [-0.39, 0.29) is 12.3 Å². The molecule has 0 amide bonds. The molecule has 1 saturated heterocycles. The van der Waals surface area contributed by atoms with Crippen LogP contribution in [-0.2, 0) is 4.79 Å². The van der Waals surface area contributed by atoms with Gasteiger partial charge >= 0.3 is 5.97 Å². The summed E-state index contributed by atoms with van der Waals surface area (Å²) in [6.45, 7) is 3.83. The molecule has 110 valence electrons. The number of aromatic nitrogens is 1. The number of carboxylic acids is 1. The number of benzene rings is 1. The topological polar surface area (TPSA) is 53.4 Å². The lowest BCUT2D eigenvalue weighted by Crippen LogP contribution is -2.37. The van der Waals surface area contributed by atoms with Crippen molar-refractivity contribution in [1.82, 2.24) is 4.98 Å². The van der Waals surface area contributed by atoms with Crippen LogP contribution in [0.3, 0.4) is 0 Å². The molecule has 1 aromatic heterocycles. The fourth-order valence-electron chi connectivity index (χ4n) is 3.20. The molecule has 4 nitrogen and oxygen atoms in total. The Morgan fingerprint density at radius 2 is 2.24 bits per heavy atom. The molecule has 0 spiro atoms. The van der Waals surface area contributed by atoms with Crippen LogP contribution in [0.15, 0.2) is 30.3 Å². The molecular weight excluding hydrogens is 264 g/mol. The highest BCUT2D eigenvalue weighted by molar-refractivity contribution is 5.81. The van der Waals surface area contributed by atoms with E-state index in [1.807, 2.05) is 18.2 Å². The maximum Gasteiger partial charge on any atom is 0.303 e. The minimum absolute atomic E-state index is 0.226. The minimum atomic E-state index is -0.704. The van der Waals surface area contributed by atoms with E-state index >= 15 is 0 Å². The van der Waals surface area contributed by atoms with Gasteiger partial charge in [0.1, 0.15) is 5.82 Å². The van der Waals surface area contributed by atoms with Crippen molar-refractivity contribution in [2.75, 3.05) is 18.0 Å². The van der Waals surface area contributed by atoms with Crippen molar-refractivity contribution in [3.63, 3.8) is 0 Å². The molecule has 1 aliphatic rings. The molecule has 1 aliphatic heterocycles. The predicted molar refractivity (Wildman–Crippen MR) is 83.7 cm³/mol. The summed E-state index contributed by atoms with van der Waals surface area (Å²) < 4.78 is 0. The van der Waals surface area contributed by atoms with E-state index in [2.05, 4.69) is 24.0 Å². The molecule has 3 rings (SSSR count). The number of carbonyl (C=O) groups is 1. The molecule has 2 aromatic rings. The van der Waals surface area contributed by atoms with Crippen LogP contribution < -0.4 is 4.90 Å². The average molecular weight is 284 g/mol. The maximum absolute atomic E-state index is 10.9. The van der Waals surface area contributed by atoms with Crippen molar-refractivity contribution in [1.29, 1.82) is 0 Å². The van der Waals surface area contributed by atoms with Crippen molar-refractivity contribution < 1.29 is 9.90 Å². The van der Waals surface area contributed by atoms with Gasteiger partial charge in [-0.15, -0.1) is 0 Å². The summed E-state index contributed by atoms with van der Waals surface area (Å²) >= 11 is 0. The van der Waals surface area contributed by atoms with Crippen LogP contribution in [-0.4, -0.2) is 29.1 Å². The van der Waals surface area contributed by atoms with Gasteiger partial charge in [0.05, 0.1) is 5.52 Å². The Bertz CT molecular complexity index is 669. The van der Waals surface area contributed by atoms with Crippen molar-refractivity contribution >= 4 is 22.7 Å². The fraction of sp³-hybridized carbons (Fsp3) is 0.412. The Hall–Kier alpha value is -2.10. The third-order valence-electron chi connectivity index (χ3n) is 4.17. The number of pyridine rings is 1. The van der Waals surface area contributed by atoms with Crippen molar-refractivity contribution in [2.45, 2.75) is 26.2 Å². The standard InChI is InChI=1S/C17H20N2O2/c1-12-9-14-6-2-3-7-15(14)18-17(12)19-8-4-5-13(11-19)10-16(20)21/h2-3,6-7,9,13H,4-5,8,10-11H2,1H3,(H,20,21). The van der Waals surface area contributed by atoms with Crippen molar-refractivity contribution in [3.8, 4) is 0 Å². The summed E-state index contributed by atoms with van der Waals surface area (Å²) in [5, 5.41) is 10.1. The third kappa shape index (κ3) is 2.99. The number of para-hydroxylation sites is 1. The van der Waals surface area contributed by atoms with Gasteiger partial charge in [-0.2, -0.15) is 0 Å². The van der Waals surface area contributed by atoms with Gasteiger partial charge < -0.3 is 10.0 Å². The molecule has 21 heavy (non-hydrogen) atoms. The number of fused-ring (bicyclic) bond motifs is 1. The number of aryl methyl sites for hydroxylation is 1. The van der Waals surface area contributed by atoms with Crippen LogP contribution in [0.2, 0.25) is 0 Å². The number of hydrogen-bond acceptors (Lipinski definition) is 3. The first-order valence-corrected chi connectivity index (χ1v) is 7.46.